The van der Waals surface area contributed by atoms with Crippen LogP contribution in [0.5, 0.6) is 0 Å². The fourth-order valence-corrected chi connectivity index (χ4v) is 1.85. The molecule has 100 valence electrons. The lowest BCUT2D eigenvalue weighted by Gasteiger charge is -2.09. The molecule has 0 fully saturated rings. The summed E-state index contributed by atoms with van der Waals surface area (Å²) in [5.74, 6) is 0. The minimum Gasteiger partial charge on any atom is -0.379 e. The van der Waals surface area contributed by atoms with Crippen molar-refractivity contribution in [1.82, 2.24) is 30.2 Å². The summed E-state index contributed by atoms with van der Waals surface area (Å²) in [6.45, 7) is 2.63. The summed E-state index contributed by atoms with van der Waals surface area (Å²) in [6.07, 6.45) is 6.65. The highest BCUT2D eigenvalue weighted by Crippen LogP contribution is 2.18. The highest BCUT2D eigenvalue weighted by Gasteiger charge is 2.04. The third-order valence-corrected chi connectivity index (χ3v) is 2.90. The molecular formula is C13H13N7. The summed E-state index contributed by atoms with van der Waals surface area (Å²) >= 11 is 0. The SMILES string of the molecule is Cc1ccc(NCc2cnccn2)cc1-n1cnnn1. The topological polar surface area (TPSA) is 81.4 Å². The number of hydrogen-bond donors (Lipinski definition) is 1. The van der Waals surface area contributed by atoms with Crippen LogP contribution in [0.15, 0.2) is 43.1 Å². The molecule has 3 rings (SSSR count). The van der Waals surface area contributed by atoms with Crippen molar-refractivity contribution in [2.45, 2.75) is 13.5 Å². The number of aromatic nitrogens is 6. The molecule has 7 nitrogen and oxygen atoms in total. The van der Waals surface area contributed by atoms with Crippen molar-refractivity contribution < 1.29 is 0 Å². The molecule has 0 aliphatic heterocycles. The first kappa shape index (κ1) is 12.2. The zero-order valence-corrected chi connectivity index (χ0v) is 10.9. The Morgan fingerprint density at radius 3 is 2.95 bits per heavy atom. The van der Waals surface area contributed by atoms with Gasteiger partial charge in [0.2, 0.25) is 0 Å². The quantitative estimate of drug-likeness (QED) is 0.769. The molecule has 0 amide bonds. The first-order valence-electron chi connectivity index (χ1n) is 6.16. The zero-order chi connectivity index (χ0) is 13.8. The van der Waals surface area contributed by atoms with Gasteiger partial charge in [0.05, 0.1) is 24.1 Å². The number of tetrazole rings is 1. The second-order valence-electron chi connectivity index (χ2n) is 4.31. The van der Waals surface area contributed by atoms with Crippen LogP contribution in [0.25, 0.3) is 5.69 Å². The van der Waals surface area contributed by atoms with Crippen LogP contribution >= 0.6 is 0 Å². The van der Waals surface area contributed by atoms with Crippen molar-refractivity contribution in [3.05, 3.63) is 54.4 Å². The average Bonchev–Trinajstić information content (AvgIpc) is 3.01. The summed E-state index contributed by atoms with van der Waals surface area (Å²) in [4.78, 5) is 8.26. The van der Waals surface area contributed by atoms with Crippen molar-refractivity contribution in [3.8, 4) is 5.69 Å². The molecule has 20 heavy (non-hydrogen) atoms. The number of benzene rings is 1. The Labute approximate surface area is 115 Å². The molecule has 1 aromatic carbocycles. The number of hydrogen-bond acceptors (Lipinski definition) is 6. The number of nitrogens with zero attached hydrogens (tertiary/aromatic N) is 6. The van der Waals surface area contributed by atoms with E-state index in [2.05, 4.69) is 30.8 Å². The van der Waals surface area contributed by atoms with E-state index < -0.39 is 0 Å². The van der Waals surface area contributed by atoms with Crippen LogP contribution in [-0.2, 0) is 6.54 Å². The van der Waals surface area contributed by atoms with Crippen molar-refractivity contribution in [2.75, 3.05) is 5.32 Å². The third kappa shape index (κ3) is 2.61. The van der Waals surface area contributed by atoms with Crippen molar-refractivity contribution >= 4 is 5.69 Å². The number of anilines is 1. The molecule has 0 atom stereocenters. The Balaban J connectivity index is 1.79. The van der Waals surface area contributed by atoms with Gasteiger partial charge in [0, 0.05) is 18.1 Å². The van der Waals surface area contributed by atoms with Gasteiger partial charge in [-0.05, 0) is 35.0 Å². The van der Waals surface area contributed by atoms with E-state index >= 15 is 0 Å². The summed E-state index contributed by atoms with van der Waals surface area (Å²) in [5.41, 5.74) is 3.91. The van der Waals surface area contributed by atoms with E-state index in [9.17, 15) is 0 Å². The Kier molecular flexibility index (Phi) is 3.32. The van der Waals surface area contributed by atoms with Gasteiger partial charge in [-0.2, -0.15) is 0 Å². The monoisotopic (exact) mass is 267 g/mol. The molecule has 0 unspecified atom stereocenters. The Bertz CT molecular complexity index is 679. The van der Waals surface area contributed by atoms with Gasteiger partial charge in [0.25, 0.3) is 0 Å². The lowest BCUT2D eigenvalue weighted by atomic mass is 10.2. The summed E-state index contributed by atoms with van der Waals surface area (Å²) in [5, 5.41) is 14.5. The van der Waals surface area contributed by atoms with E-state index in [0.717, 1.165) is 22.6 Å². The van der Waals surface area contributed by atoms with Crippen LogP contribution in [0.4, 0.5) is 5.69 Å². The van der Waals surface area contributed by atoms with Crippen LogP contribution in [0.3, 0.4) is 0 Å². The zero-order valence-electron chi connectivity index (χ0n) is 10.9. The van der Waals surface area contributed by atoms with Crippen LogP contribution in [0.1, 0.15) is 11.3 Å². The van der Waals surface area contributed by atoms with Crippen molar-refractivity contribution in [1.29, 1.82) is 0 Å². The standard InChI is InChI=1S/C13H13N7/c1-10-2-3-11(6-13(10)20-9-17-18-19-20)16-8-12-7-14-4-5-15-12/h2-7,9,16H,8H2,1H3. The van der Waals surface area contributed by atoms with Gasteiger partial charge in [-0.1, -0.05) is 6.07 Å². The van der Waals surface area contributed by atoms with Crippen molar-refractivity contribution in [2.24, 2.45) is 0 Å². The van der Waals surface area contributed by atoms with E-state index in [0.29, 0.717) is 6.54 Å². The molecule has 0 saturated heterocycles. The minimum atomic E-state index is 0.617. The normalized spacial score (nSPS) is 10.4. The van der Waals surface area contributed by atoms with Crippen LogP contribution in [0, 0.1) is 6.92 Å². The summed E-state index contributed by atoms with van der Waals surface area (Å²) in [7, 11) is 0. The first-order valence-corrected chi connectivity index (χ1v) is 6.16. The second kappa shape index (κ2) is 5.43. The van der Waals surface area contributed by atoms with Crippen molar-refractivity contribution in [3.63, 3.8) is 0 Å². The molecule has 0 spiro atoms. The molecule has 2 heterocycles. The van der Waals surface area contributed by atoms with E-state index in [-0.39, 0.29) is 0 Å². The molecule has 0 saturated carbocycles. The lowest BCUT2D eigenvalue weighted by Crippen LogP contribution is -2.04. The molecule has 0 aliphatic rings. The maximum Gasteiger partial charge on any atom is 0.143 e. The van der Waals surface area contributed by atoms with Gasteiger partial charge >= 0.3 is 0 Å². The first-order chi connectivity index (χ1) is 9.83. The van der Waals surface area contributed by atoms with Crippen LogP contribution in [0.2, 0.25) is 0 Å². The van der Waals surface area contributed by atoms with Gasteiger partial charge in [-0.3, -0.25) is 9.97 Å². The van der Waals surface area contributed by atoms with E-state index in [4.69, 9.17) is 0 Å². The predicted molar refractivity (Wildman–Crippen MR) is 73.2 cm³/mol. The maximum absolute atomic E-state index is 4.22. The molecule has 1 N–H and O–H groups in total. The molecule has 0 radical (unpaired) electrons. The molecule has 0 bridgehead atoms. The minimum absolute atomic E-state index is 0.617. The Hall–Kier alpha value is -2.83. The number of aryl methyl sites for hydroxylation is 1. The molecule has 3 aromatic rings. The van der Waals surface area contributed by atoms with Gasteiger partial charge in [0.15, 0.2) is 0 Å². The van der Waals surface area contributed by atoms with Gasteiger partial charge in [0.1, 0.15) is 6.33 Å². The molecule has 7 heteroatoms. The number of rotatable bonds is 4. The van der Waals surface area contributed by atoms with E-state index in [1.165, 1.54) is 0 Å². The lowest BCUT2D eigenvalue weighted by molar-refractivity contribution is 0.785. The predicted octanol–water partition coefficient (Wildman–Crippen LogP) is 1.37. The number of nitrogens with one attached hydrogen (secondary N) is 1. The highest BCUT2D eigenvalue weighted by molar-refractivity contribution is 5.54. The van der Waals surface area contributed by atoms with E-state index in [1.54, 1.807) is 29.6 Å². The largest absolute Gasteiger partial charge is 0.379 e. The Morgan fingerprint density at radius 1 is 1.25 bits per heavy atom. The average molecular weight is 267 g/mol. The smallest absolute Gasteiger partial charge is 0.143 e. The van der Waals surface area contributed by atoms with Gasteiger partial charge < -0.3 is 5.32 Å². The van der Waals surface area contributed by atoms with Gasteiger partial charge in [-0.25, -0.2) is 4.68 Å². The fourth-order valence-electron chi connectivity index (χ4n) is 1.85. The second-order valence-corrected chi connectivity index (χ2v) is 4.31. The summed E-state index contributed by atoms with van der Waals surface area (Å²) < 4.78 is 1.64. The van der Waals surface area contributed by atoms with Crippen LogP contribution < -0.4 is 5.32 Å². The fraction of sp³-hybridized carbons (Fsp3) is 0.154. The highest BCUT2D eigenvalue weighted by atomic mass is 15.5. The Morgan fingerprint density at radius 2 is 2.20 bits per heavy atom. The van der Waals surface area contributed by atoms with Crippen LogP contribution in [-0.4, -0.2) is 30.2 Å². The maximum atomic E-state index is 4.22. The third-order valence-electron chi connectivity index (χ3n) is 2.90. The molecule has 0 aliphatic carbocycles. The van der Waals surface area contributed by atoms with Gasteiger partial charge in [-0.15, -0.1) is 5.10 Å². The summed E-state index contributed by atoms with van der Waals surface area (Å²) in [6, 6.07) is 6.04. The molecular weight excluding hydrogens is 254 g/mol. The van der Waals surface area contributed by atoms with E-state index in [1.807, 2.05) is 25.1 Å². The molecule has 2 aromatic heterocycles.